The Morgan fingerprint density at radius 3 is 2.43 bits per heavy atom. The molecule has 1 fully saturated rings. The van der Waals surface area contributed by atoms with Gasteiger partial charge in [-0.1, -0.05) is 0 Å². The average Bonchev–Trinajstić information content (AvgIpc) is 2.29. The van der Waals surface area contributed by atoms with E-state index in [-0.39, 0.29) is 11.9 Å². The topological polar surface area (TPSA) is 55.4 Å². The summed E-state index contributed by atoms with van der Waals surface area (Å²) >= 11 is 0. The lowest BCUT2D eigenvalue weighted by atomic mass is 10.0. The van der Waals surface area contributed by atoms with Crippen LogP contribution in [-0.2, 0) is 14.3 Å². The molecule has 1 unspecified atom stereocenters. The highest BCUT2D eigenvalue weighted by Crippen LogP contribution is 2.23. The van der Waals surface area contributed by atoms with Gasteiger partial charge in [-0.05, 0) is 34.1 Å². The predicted octanol–water partition coefficient (Wildman–Crippen LogP) is 0.997. The smallest absolute Gasteiger partial charge is 0.332 e. The molecular formula is C10H17NO3. The Morgan fingerprint density at radius 1 is 1.50 bits per heavy atom. The first-order valence-corrected chi connectivity index (χ1v) is 4.77. The second kappa shape index (κ2) is 3.26. The molecule has 0 saturated carbocycles. The van der Waals surface area contributed by atoms with Crippen molar-refractivity contribution in [3.63, 3.8) is 0 Å². The maximum absolute atomic E-state index is 11.7. The van der Waals surface area contributed by atoms with Gasteiger partial charge < -0.3 is 10.1 Å². The number of carbonyl (C=O) groups is 2. The molecule has 1 saturated heterocycles. The van der Waals surface area contributed by atoms with Gasteiger partial charge in [0.05, 0.1) is 0 Å². The SMILES string of the molecule is CC(C)(C)OC(=O)C1(C)CCC(=O)N1. The van der Waals surface area contributed by atoms with Crippen LogP contribution in [0.4, 0.5) is 0 Å². The predicted molar refractivity (Wildman–Crippen MR) is 51.6 cm³/mol. The van der Waals surface area contributed by atoms with Crippen molar-refractivity contribution in [3.8, 4) is 0 Å². The summed E-state index contributed by atoms with van der Waals surface area (Å²) < 4.78 is 5.22. The molecule has 0 spiro atoms. The van der Waals surface area contributed by atoms with Crippen LogP contribution < -0.4 is 5.32 Å². The number of carbonyl (C=O) groups excluding carboxylic acids is 2. The molecule has 0 aromatic heterocycles. The van der Waals surface area contributed by atoms with Gasteiger partial charge in [-0.2, -0.15) is 0 Å². The second-order valence-electron chi connectivity index (χ2n) is 4.88. The van der Waals surface area contributed by atoms with E-state index in [1.807, 2.05) is 20.8 Å². The van der Waals surface area contributed by atoms with Crippen molar-refractivity contribution in [3.05, 3.63) is 0 Å². The van der Waals surface area contributed by atoms with Crippen LogP contribution in [0, 0.1) is 0 Å². The first-order valence-electron chi connectivity index (χ1n) is 4.77. The zero-order valence-corrected chi connectivity index (χ0v) is 9.14. The first-order chi connectivity index (χ1) is 6.23. The van der Waals surface area contributed by atoms with Crippen molar-refractivity contribution < 1.29 is 14.3 Å². The van der Waals surface area contributed by atoms with E-state index in [9.17, 15) is 9.59 Å². The van der Waals surface area contributed by atoms with Crippen molar-refractivity contribution in [1.82, 2.24) is 5.32 Å². The van der Waals surface area contributed by atoms with Crippen LogP contribution in [-0.4, -0.2) is 23.0 Å². The number of esters is 1. The van der Waals surface area contributed by atoms with Crippen LogP contribution in [0.25, 0.3) is 0 Å². The third-order valence-corrected chi connectivity index (χ3v) is 2.12. The van der Waals surface area contributed by atoms with Crippen LogP contribution in [0.15, 0.2) is 0 Å². The summed E-state index contributed by atoms with van der Waals surface area (Å²) in [5.41, 5.74) is -1.34. The van der Waals surface area contributed by atoms with Crippen molar-refractivity contribution in [2.75, 3.05) is 0 Å². The summed E-state index contributed by atoms with van der Waals surface area (Å²) in [6, 6.07) is 0. The molecular weight excluding hydrogens is 182 g/mol. The Kier molecular flexibility index (Phi) is 2.56. The van der Waals surface area contributed by atoms with Gasteiger partial charge in [0.2, 0.25) is 5.91 Å². The van der Waals surface area contributed by atoms with E-state index >= 15 is 0 Å². The van der Waals surface area contributed by atoms with E-state index in [0.717, 1.165) is 0 Å². The van der Waals surface area contributed by atoms with Crippen LogP contribution in [0.2, 0.25) is 0 Å². The molecule has 4 heteroatoms. The van der Waals surface area contributed by atoms with Gasteiger partial charge >= 0.3 is 5.97 Å². The third kappa shape index (κ3) is 2.47. The van der Waals surface area contributed by atoms with Gasteiger partial charge in [-0.15, -0.1) is 0 Å². The Morgan fingerprint density at radius 2 is 2.07 bits per heavy atom. The molecule has 0 aromatic rings. The van der Waals surface area contributed by atoms with Crippen molar-refractivity contribution in [2.24, 2.45) is 0 Å². The quantitative estimate of drug-likeness (QED) is 0.641. The molecule has 1 amide bonds. The fourth-order valence-electron chi connectivity index (χ4n) is 1.34. The summed E-state index contributed by atoms with van der Waals surface area (Å²) in [4.78, 5) is 22.7. The second-order valence-corrected chi connectivity index (χ2v) is 4.88. The van der Waals surface area contributed by atoms with Crippen LogP contribution in [0.1, 0.15) is 40.5 Å². The largest absolute Gasteiger partial charge is 0.458 e. The molecule has 14 heavy (non-hydrogen) atoms. The highest BCUT2D eigenvalue weighted by molar-refractivity contribution is 5.91. The lowest BCUT2D eigenvalue weighted by Gasteiger charge is -2.27. The number of ether oxygens (including phenoxy) is 1. The number of hydrogen-bond donors (Lipinski definition) is 1. The molecule has 0 aliphatic carbocycles. The molecule has 1 aliphatic rings. The van der Waals surface area contributed by atoms with E-state index in [1.165, 1.54) is 0 Å². The molecule has 80 valence electrons. The van der Waals surface area contributed by atoms with Gasteiger partial charge in [0.1, 0.15) is 11.1 Å². The van der Waals surface area contributed by atoms with Crippen molar-refractivity contribution in [2.45, 2.75) is 51.7 Å². The van der Waals surface area contributed by atoms with Crippen molar-refractivity contribution >= 4 is 11.9 Å². The lowest BCUT2D eigenvalue weighted by Crippen LogP contribution is -2.49. The summed E-state index contributed by atoms with van der Waals surface area (Å²) in [5, 5.41) is 2.64. The van der Waals surface area contributed by atoms with E-state index in [0.29, 0.717) is 12.8 Å². The molecule has 1 atom stereocenters. The Balaban J connectivity index is 2.65. The third-order valence-electron chi connectivity index (χ3n) is 2.12. The molecule has 1 heterocycles. The maximum atomic E-state index is 11.7. The maximum Gasteiger partial charge on any atom is 0.332 e. The number of nitrogens with one attached hydrogen (secondary N) is 1. The minimum atomic E-state index is -0.829. The average molecular weight is 199 g/mol. The Hall–Kier alpha value is -1.06. The lowest BCUT2D eigenvalue weighted by molar-refractivity contribution is -0.162. The summed E-state index contributed by atoms with van der Waals surface area (Å²) in [5.74, 6) is -0.436. The Bertz CT molecular complexity index is 267. The molecule has 1 rings (SSSR count). The number of amides is 1. The number of hydrogen-bond acceptors (Lipinski definition) is 3. The van der Waals surface area contributed by atoms with Gasteiger partial charge in [0, 0.05) is 6.42 Å². The fourth-order valence-corrected chi connectivity index (χ4v) is 1.34. The van der Waals surface area contributed by atoms with E-state index < -0.39 is 11.1 Å². The van der Waals surface area contributed by atoms with E-state index in [4.69, 9.17) is 4.74 Å². The first kappa shape index (κ1) is 11.0. The molecule has 0 radical (unpaired) electrons. The van der Waals surface area contributed by atoms with Crippen LogP contribution in [0.3, 0.4) is 0 Å². The highest BCUT2D eigenvalue weighted by Gasteiger charge is 2.42. The van der Waals surface area contributed by atoms with Gasteiger partial charge in [-0.3, -0.25) is 4.79 Å². The zero-order valence-electron chi connectivity index (χ0n) is 9.14. The minimum absolute atomic E-state index is 0.0849. The van der Waals surface area contributed by atoms with Gasteiger partial charge in [0.25, 0.3) is 0 Å². The number of rotatable bonds is 1. The van der Waals surface area contributed by atoms with Gasteiger partial charge in [-0.25, -0.2) is 4.79 Å². The molecule has 1 aliphatic heterocycles. The summed E-state index contributed by atoms with van der Waals surface area (Å²) in [7, 11) is 0. The summed E-state index contributed by atoms with van der Waals surface area (Å²) in [6.45, 7) is 7.13. The molecule has 1 N–H and O–H groups in total. The molecule has 4 nitrogen and oxygen atoms in total. The van der Waals surface area contributed by atoms with Crippen LogP contribution in [0.5, 0.6) is 0 Å². The van der Waals surface area contributed by atoms with Gasteiger partial charge in [0.15, 0.2) is 0 Å². The fraction of sp³-hybridized carbons (Fsp3) is 0.800. The minimum Gasteiger partial charge on any atom is -0.458 e. The van der Waals surface area contributed by atoms with Crippen molar-refractivity contribution in [1.29, 1.82) is 0 Å². The Labute approximate surface area is 84.0 Å². The van der Waals surface area contributed by atoms with E-state index in [2.05, 4.69) is 5.32 Å². The molecule has 0 bridgehead atoms. The molecule has 0 aromatic carbocycles. The highest BCUT2D eigenvalue weighted by atomic mass is 16.6. The summed E-state index contributed by atoms with van der Waals surface area (Å²) in [6.07, 6.45) is 0.913. The van der Waals surface area contributed by atoms with E-state index in [1.54, 1.807) is 6.92 Å². The van der Waals surface area contributed by atoms with Crippen LogP contribution >= 0.6 is 0 Å². The normalized spacial score (nSPS) is 27.3. The zero-order chi connectivity index (χ0) is 11.0. The monoisotopic (exact) mass is 199 g/mol. The standard InChI is InChI=1S/C10H17NO3/c1-9(2,3)14-8(13)10(4)6-5-7(12)11-10/h5-6H2,1-4H3,(H,11,12).